The molecule has 7 nitrogen and oxygen atoms in total. The van der Waals surface area contributed by atoms with Crippen LogP contribution in [0.2, 0.25) is 23.2 Å². The van der Waals surface area contributed by atoms with Crippen molar-refractivity contribution in [2.24, 2.45) is 0 Å². The number of alkyl halides is 2. The lowest BCUT2D eigenvalue weighted by molar-refractivity contribution is -0.140. The highest BCUT2D eigenvalue weighted by Gasteiger charge is 2.70. The third-order valence-electron chi connectivity index (χ3n) is 8.91. The van der Waals surface area contributed by atoms with Crippen molar-refractivity contribution in [3.8, 4) is 12.3 Å². The lowest BCUT2D eigenvalue weighted by Crippen LogP contribution is -2.68. The number of benzene rings is 2. The first-order valence-corrected chi connectivity index (χ1v) is 19.4. The number of ether oxygens (including phenoxy) is 1. The van der Waals surface area contributed by atoms with Gasteiger partial charge in [0.25, 0.3) is 13.9 Å². The summed E-state index contributed by atoms with van der Waals surface area (Å²) in [5.74, 6) is -1.26. The number of H-pyrrole nitrogens is 1. The van der Waals surface area contributed by atoms with E-state index in [-0.39, 0.29) is 0 Å². The van der Waals surface area contributed by atoms with Crippen LogP contribution in [-0.4, -0.2) is 50.4 Å². The summed E-state index contributed by atoms with van der Waals surface area (Å²) in [4.78, 5) is 26.6. The summed E-state index contributed by atoms with van der Waals surface area (Å²) >= 11 is 0. The zero-order chi connectivity index (χ0) is 32.8. The predicted molar refractivity (Wildman–Crippen MR) is 174 cm³/mol. The van der Waals surface area contributed by atoms with Gasteiger partial charge in [0.1, 0.15) is 0 Å². The van der Waals surface area contributed by atoms with Gasteiger partial charge in [-0.3, -0.25) is 14.3 Å². The molecule has 2 heterocycles. The van der Waals surface area contributed by atoms with Crippen LogP contribution in [0.3, 0.4) is 0 Å². The van der Waals surface area contributed by atoms with Gasteiger partial charge >= 0.3 is 11.6 Å². The minimum Gasteiger partial charge on any atom is -0.404 e. The number of rotatable bonds is 8. The number of hydrogen-bond acceptors (Lipinski definition) is 5. The Morgan fingerprint density at radius 3 is 1.89 bits per heavy atom. The standard InChI is InChI=1S/C33H42F2N2O5Si2/c1-10-32(23-40-44(31(5,6)7,24-17-13-11-14-18-24)25-19-15-12-16-20-25)27(42-43(8,9)30(2,3)4)33(34,35)28(41-32)37-22-21-26(38)36-29(37)39/h1,11-22,27-28H,23H2,2-9H3,(H,36,38,39)/t27-,28-,32-/m1/s1. The van der Waals surface area contributed by atoms with Crippen molar-refractivity contribution in [2.45, 2.75) is 88.6 Å². The van der Waals surface area contributed by atoms with E-state index < -0.39 is 68.4 Å². The topological polar surface area (TPSA) is 82.5 Å². The number of hydrogen-bond donors (Lipinski definition) is 1. The van der Waals surface area contributed by atoms with Gasteiger partial charge in [-0.1, -0.05) is 108 Å². The second-order valence-electron chi connectivity index (χ2n) is 13.9. The van der Waals surface area contributed by atoms with Crippen LogP contribution in [-0.2, 0) is 13.6 Å². The van der Waals surface area contributed by atoms with E-state index in [1.54, 1.807) is 0 Å². The Kier molecular flexibility index (Phi) is 8.94. The van der Waals surface area contributed by atoms with E-state index in [0.29, 0.717) is 4.57 Å². The summed E-state index contributed by atoms with van der Waals surface area (Å²) in [6.45, 7) is 15.3. The monoisotopic (exact) mass is 640 g/mol. The Morgan fingerprint density at radius 2 is 1.45 bits per heavy atom. The molecule has 0 radical (unpaired) electrons. The number of nitrogens with zero attached hydrogens (tertiary/aromatic N) is 1. The average Bonchev–Trinajstić information content (AvgIpc) is 3.15. The Hall–Kier alpha value is -3.15. The Labute approximate surface area is 259 Å². The Morgan fingerprint density at radius 1 is 0.932 bits per heavy atom. The SMILES string of the molecule is C#C[C@]1(CO[Si](c2ccccc2)(c2ccccc2)C(C)(C)C)O[C@@H](n2ccc(=O)[nH]c2=O)C(F)(F)[C@@H]1O[Si](C)(C)C(C)(C)C. The molecule has 1 N–H and O–H groups in total. The summed E-state index contributed by atoms with van der Waals surface area (Å²) in [7, 11) is -6.15. The van der Waals surface area contributed by atoms with Crippen molar-refractivity contribution in [3.05, 3.63) is 93.8 Å². The van der Waals surface area contributed by atoms with Crippen molar-refractivity contribution in [1.82, 2.24) is 9.55 Å². The fraction of sp³-hybridized carbons (Fsp3) is 0.455. The van der Waals surface area contributed by atoms with Crippen LogP contribution in [0.4, 0.5) is 8.78 Å². The molecule has 4 rings (SSSR count). The highest BCUT2D eigenvalue weighted by molar-refractivity contribution is 6.99. The van der Waals surface area contributed by atoms with Gasteiger partial charge in [-0.25, -0.2) is 4.79 Å². The first-order chi connectivity index (χ1) is 20.3. The second kappa shape index (κ2) is 11.7. The van der Waals surface area contributed by atoms with Gasteiger partial charge < -0.3 is 13.6 Å². The fourth-order valence-electron chi connectivity index (χ4n) is 5.52. The van der Waals surface area contributed by atoms with Crippen molar-refractivity contribution >= 4 is 27.0 Å². The number of aromatic nitrogens is 2. The molecule has 236 valence electrons. The van der Waals surface area contributed by atoms with Gasteiger partial charge in [-0.2, -0.15) is 8.78 Å². The molecule has 1 aliphatic rings. The van der Waals surface area contributed by atoms with E-state index >= 15 is 8.78 Å². The molecule has 1 aromatic heterocycles. The van der Waals surface area contributed by atoms with E-state index in [0.717, 1.165) is 22.6 Å². The molecule has 3 atom stereocenters. The molecule has 0 bridgehead atoms. The van der Waals surface area contributed by atoms with E-state index in [9.17, 15) is 9.59 Å². The quantitative estimate of drug-likeness (QED) is 0.276. The molecule has 2 aromatic carbocycles. The highest BCUT2D eigenvalue weighted by Crippen LogP contribution is 2.52. The second-order valence-corrected chi connectivity index (χ2v) is 23.0. The maximum absolute atomic E-state index is 16.7. The van der Waals surface area contributed by atoms with Crippen LogP contribution in [0, 0.1) is 12.3 Å². The largest absolute Gasteiger partial charge is 0.404 e. The molecule has 44 heavy (non-hydrogen) atoms. The lowest BCUT2D eigenvalue weighted by atomic mass is 9.96. The molecule has 0 aliphatic carbocycles. The van der Waals surface area contributed by atoms with Crippen LogP contribution in [0.25, 0.3) is 0 Å². The van der Waals surface area contributed by atoms with Crippen LogP contribution in [0.15, 0.2) is 82.5 Å². The van der Waals surface area contributed by atoms with Gasteiger partial charge in [0, 0.05) is 12.3 Å². The van der Waals surface area contributed by atoms with Gasteiger partial charge in [0.05, 0.1) is 6.61 Å². The summed E-state index contributed by atoms with van der Waals surface area (Å²) in [6, 6.07) is 20.5. The van der Waals surface area contributed by atoms with Crippen LogP contribution in [0.1, 0.15) is 47.8 Å². The van der Waals surface area contributed by atoms with Crippen LogP contribution < -0.4 is 21.6 Å². The number of nitrogens with one attached hydrogen (secondary N) is 1. The van der Waals surface area contributed by atoms with E-state index in [2.05, 4.69) is 26.7 Å². The minimum atomic E-state index is -3.78. The predicted octanol–water partition coefficient (Wildman–Crippen LogP) is 5.04. The molecule has 3 aromatic rings. The van der Waals surface area contributed by atoms with Crippen LogP contribution in [0.5, 0.6) is 0 Å². The zero-order valence-electron chi connectivity index (χ0n) is 26.6. The van der Waals surface area contributed by atoms with Crippen molar-refractivity contribution < 1.29 is 22.4 Å². The van der Waals surface area contributed by atoms with Gasteiger partial charge in [0.2, 0.25) is 6.23 Å². The summed E-state index contributed by atoms with van der Waals surface area (Å²) in [5.41, 5.74) is -3.86. The molecule has 0 saturated carbocycles. The van der Waals surface area contributed by atoms with E-state index in [1.165, 1.54) is 0 Å². The zero-order valence-corrected chi connectivity index (χ0v) is 28.6. The Bertz CT molecular complexity index is 1580. The smallest absolute Gasteiger partial charge is 0.330 e. The molecular formula is C33H42F2N2O5Si2. The molecule has 11 heteroatoms. The number of terminal acetylenes is 1. The number of aromatic amines is 1. The molecule has 1 aliphatic heterocycles. The van der Waals surface area contributed by atoms with Gasteiger partial charge in [0.15, 0.2) is 20.0 Å². The molecule has 0 spiro atoms. The molecule has 0 amide bonds. The van der Waals surface area contributed by atoms with Crippen molar-refractivity contribution in [3.63, 3.8) is 0 Å². The summed E-state index contributed by atoms with van der Waals surface area (Å²) < 4.78 is 53.7. The molecule has 1 saturated heterocycles. The molecule has 1 fully saturated rings. The van der Waals surface area contributed by atoms with Gasteiger partial charge in [-0.15, -0.1) is 6.42 Å². The minimum absolute atomic E-state index is 0.430. The van der Waals surface area contributed by atoms with Crippen molar-refractivity contribution in [2.75, 3.05) is 6.61 Å². The average molecular weight is 641 g/mol. The lowest BCUT2D eigenvalue weighted by Gasteiger charge is -2.46. The molecule has 0 unspecified atom stereocenters. The van der Waals surface area contributed by atoms with E-state index in [4.69, 9.17) is 20.0 Å². The normalized spacial score (nSPS) is 22.5. The highest BCUT2D eigenvalue weighted by atomic mass is 28.4. The molecular weight excluding hydrogens is 599 g/mol. The van der Waals surface area contributed by atoms with Gasteiger partial charge in [-0.05, 0) is 33.5 Å². The summed E-state index contributed by atoms with van der Waals surface area (Å²) in [5, 5.41) is 0.948. The first kappa shape index (κ1) is 33.7. The van der Waals surface area contributed by atoms with Crippen molar-refractivity contribution in [1.29, 1.82) is 0 Å². The maximum Gasteiger partial charge on any atom is 0.330 e. The summed E-state index contributed by atoms with van der Waals surface area (Å²) in [6.07, 6.45) is 3.02. The van der Waals surface area contributed by atoms with Crippen LogP contribution >= 0.6 is 0 Å². The number of halogens is 2. The maximum atomic E-state index is 16.7. The fourth-order valence-corrected chi connectivity index (χ4v) is 11.4. The third-order valence-corrected chi connectivity index (χ3v) is 18.3. The van der Waals surface area contributed by atoms with E-state index in [1.807, 2.05) is 99.5 Å². The Balaban J connectivity index is 1.92. The third kappa shape index (κ3) is 5.81. The first-order valence-electron chi connectivity index (χ1n) is 14.6.